The molecule has 1 saturated carbocycles. The van der Waals surface area contributed by atoms with Gasteiger partial charge < -0.3 is 10.6 Å². The van der Waals surface area contributed by atoms with E-state index in [9.17, 15) is 0 Å². The van der Waals surface area contributed by atoms with Crippen LogP contribution in [0.2, 0.25) is 0 Å². The lowest BCUT2D eigenvalue weighted by atomic mass is 9.98. The Morgan fingerprint density at radius 1 is 1.05 bits per heavy atom. The number of rotatable bonds is 4. The molecule has 2 atom stereocenters. The molecule has 1 fully saturated rings. The molecule has 2 unspecified atom stereocenters. The van der Waals surface area contributed by atoms with E-state index in [1.165, 1.54) is 35.1 Å². The molecule has 1 aliphatic heterocycles. The summed E-state index contributed by atoms with van der Waals surface area (Å²) in [5, 5.41) is 7.16. The maximum atomic E-state index is 3.71. The molecule has 2 aromatic rings. The van der Waals surface area contributed by atoms with E-state index in [0.717, 1.165) is 19.6 Å². The lowest BCUT2D eigenvalue weighted by molar-refractivity contribution is 0.637. The predicted molar refractivity (Wildman–Crippen MR) is 86.3 cm³/mol. The molecular weight excluding hydrogens is 256 g/mol. The summed E-state index contributed by atoms with van der Waals surface area (Å²) < 4.78 is 0. The van der Waals surface area contributed by atoms with E-state index in [1.807, 2.05) is 0 Å². The van der Waals surface area contributed by atoms with Crippen molar-refractivity contribution in [2.75, 3.05) is 6.54 Å². The topological polar surface area (TPSA) is 24.1 Å². The third kappa shape index (κ3) is 2.87. The van der Waals surface area contributed by atoms with Gasteiger partial charge in [-0.2, -0.15) is 0 Å². The highest BCUT2D eigenvalue weighted by atomic mass is 15.0. The molecule has 2 N–H and O–H groups in total. The summed E-state index contributed by atoms with van der Waals surface area (Å²) in [7, 11) is 0. The summed E-state index contributed by atoms with van der Waals surface area (Å²) in [6, 6.07) is 18.5. The van der Waals surface area contributed by atoms with Crippen molar-refractivity contribution in [3.8, 4) is 0 Å². The van der Waals surface area contributed by atoms with Crippen molar-refractivity contribution in [2.45, 2.75) is 37.9 Å². The van der Waals surface area contributed by atoms with Crippen LogP contribution in [0.5, 0.6) is 0 Å². The molecule has 2 heteroatoms. The molecule has 0 bridgehead atoms. The number of nitrogens with one attached hydrogen (secondary N) is 2. The fourth-order valence-electron chi connectivity index (χ4n) is 3.38. The standard InChI is InChI=1S/C19H22N2/c1-2-4-16(5-3-1)18-11-19(18)21-12-14-6-7-15-8-9-20-13-17(15)10-14/h1-7,10,18-21H,8-9,11-13H2. The van der Waals surface area contributed by atoms with Gasteiger partial charge >= 0.3 is 0 Å². The molecule has 2 nitrogen and oxygen atoms in total. The van der Waals surface area contributed by atoms with E-state index in [-0.39, 0.29) is 0 Å². The summed E-state index contributed by atoms with van der Waals surface area (Å²) >= 11 is 0. The van der Waals surface area contributed by atoms with Crippen LogP contribution in [-0.2, 0) is 19.5 Å². The van der Waals surface area contributed by atoms with Gasteiger partial charge in [0, 0.05) is 25.0 Å². The van der Waals surface area contributed by atoms with Gasteiger partial charge in [-0.15, -0.1) is 0 Å². The molecule has 0 amide bonds. The minimum atomic E-state index is 0.654. The van der Waals surface area contributed by atoms with Crippen LogP contribution in [0.15, 0.2) is 48.5 Å². The molecule has 21 heavy (non-hydrogen) atoms. The predicted octanol–water partition coefficient (Wildman–Crippen LogP) is 2.98. The highest BCUT2D eigenvalue weighted by Crippen LogP contribution is 2.40. The van der Waals surface area contributed by atoms with Crippen molar-refractivity contribution in [1.29, 1.82) is 0 Å². The monoisotopic (exact) mass is 278 g/mol. The SMILES string of the molecule is c1ccc(C2CC2NCc2ccc3c(c2)CNCC3)cc1. The minimum Gasteiger partial charge on any atom is -0.312 e. The van der Waals surface area contributed by atoms with Crippen LogP contribution in [0.3, 0.4) is 0 Å². The van der Waals surface area contributed by atoms with Crippen molar-refractivity contribution < 1.29 is 0 Å². The maximum absolute atomic E-state index is 3.71. The van der Waals surface area contributed by atoms with E-state index in [0.29, 0.717) is 12.0 Å². The molecule has 108 valence electrons. The molecule has 0 radical (unpaired) electrons. The lowest BCUT2D eigenvalue weighted by Crippen LogP contribution is -2.24. The fraction of sp³-hybridized carbons (Fsp3) is 0.368. The maximum Gasteiger partial charge on any atom is 0.0208 e. The second-order valence-corrected chi connectivity index (χ2v) is 6.27. The van der Waals surface area contributed by atoms with Crippen LogP contribution >= 0.6 is 0 Å². The highest BCUT2D eigenvalue weighted by Gasteiger charge is 2.37. The van der Waals surface area contributed by atoms with E-state index >= 15 is 0 Å². The Labute approximate surface area is 126 Å². The zero-order valence-corrected chi connectivity index (χ0v) is 12.3. The van der Waals surface area contributed by atoms with Gasteiger partial charge in [0.05, 0.1) is 0 Å². The molecule has 2 aliphatic rings. The Bertz CT molecular complexity index is 621. The zero-order chi connectivity index (χ0) is 14.1. The first kappa shape index (κ1) is 13.1. The number of benzene rings is 2. The van der Waals surface area contributed by atoms with Crippen LogP contribution < -0.4 is 10.6 Å². The van der Waals surface area contributed by atoms with Crippen molar-refractivity contribution in [3.05, 3.63) is 70.8 Å². The Kier molecular flexibility index (Phi) is 3.50. The van der Waals surface area contributed by atoms with Crippen LogP contribution in [0.25, 0.3) is 0 Å². The molecule has 4 rings (SSSR count). The van der Waals surface area contributed by atoms with Gasteiger partial charge in [0.25, 0.3) is 0 Å². The summed E-state index contributed by atoms with van der Waals surface area (Å²) in [6.45, 7) is 3.13. The Morgan fingerprint density at radius 3 is 2.86 bits per heavy atom. The van der Waals surface area contributed by atoms with Gasteiger partial charge in [-0.25, -0.2) is 0 Å². The van der Waals surface area contributed by atoms with E-state index in [1.54, 1.807) is 0 Å². The number of hydrogen-bond donors (Lipinski definition) is 2. The Hall–Kier alpha value is -1.64. The molecule has 0 spiro atoms. The fourth-order valence-corrected chi connectivity index (χ4v) is 3.38. The Morgan fingerprint density at radius 2 is 1.95 bits per heavy atom. The number of fused-ring (bicyclic) bond motifs is 1. The first-order chi connectivity index (χ1) is 10.4. The smallest absolute Gasteiger partial charge is 0.0208 e. The largest absolute Gasteiger partial charge is 0.312 e. The van der Waals surface area contributed by atoms with E-state index in [4.69, 9.17) is 0 Å². The Balaban J connectivity index is 1.36. The average molecular weight is 278 g/mol. The summed E-state index contributed by atoms with van der Waals surface area (Å²) in [5.41, 5.74) is 5.89. The molecule has 0 aromatic heterocycles. The van der Waals surface area contributed by atoms with E-state index < -0.39 is 0 Å². The molecular formula is C19H22N2. The van der Waals surface area contributed by atoms with Gasteiger partial charge in [0.2, 0.25) is 0 Å². The van der Waals surface area contributed by atoms with Crippen LogP contribution in [0.1, 0.15) is 34.6 Å². The van der Waals surface area contributed by atoms with E-state index in [2.05, 4.69) is 59.2 Å². The van der Waals surface area contributed by atoms with Crippen molar-refractivity contribution in [3.63, 3.8) is 0 Å². The average Bonchev–Trinajstić information content (AvgIpc) is 3.33. The van der Waals surface area contributed by atoms with Gasteiger partial charge in [-0.05, 0) is 41.6 Å². The van der Waals surface area contributed by atoms with Crippen LogP contribution in [0, 0.1) is 0 Å². The van der Waals surface area contributed by atoms with Gasteiger partial charge in [-0.1, -0.05) is 48.5 Å². The summed E-state index contributed by atoms with van der Waals surface area (Å²) in [5.74, 6) is 0.713. The van der Waals surface area contributed by atoms with Crippen molar-refractivity contribution in [2.24, 2.45) is 0 Å². The van der Waals surface area contributed by atoms with Gasteiger partial charge in [0.1, 0.15) is 0 Å². The molecule has 1 heterocycles. The molecule has 1 aliphatic carbocycles. The quantitative estimate of drug-likeness (QED) is 0.898. The second-order valence-electron chi connectivity index (χ2n) is 6.27. The van der Waals surface area contributed by atoms with Crippen molar-refractivity contribution in [1.82, 2.24) is 10.6 Å². The molecule has 0 saturated heterocycles. The summed E-state index contributed by atoms with van der Waals surface area (Å²) in [6.07, 6.45) is 2.44. The first-order valence-corrected chi connectivity index (χ1v) is 8.00. The normalized spacial score (nSPS) is 23.6. The van der Waals surface area contributed by atoms with Crippen molar-refractivity contribution >= 4 is 0 Å². The minimum absolute atomic E-state index is 0.654. The van der Waals surface area contributed by atoms with Crippen LogP contribution in [-0.4, -0.2) is 12.6 Å². The van der Waals surface area contributed by atoms with Crippen LogP contribution in [0.4, 0.5) is 0 Å². The summed E-state index contributed by atoms with van der Waals surface area (Å²) in [4.78, 5) is 0. The lowest BCUT2D eigenvalue weighted by Gasteiger charge is -2.18. The zero-order valence-electron chi connectivity index (χ0n) is 12.3. The second kappa shape index (κ2) is 5.63. The third-order valence-electron chi connectivity index (χ3n) is 4.74. The first-order valence-electron chi connectivity index (χ1n) is 8.00. The van der Waals surface area contributed by atoms with Gasteiger partial charge in [0.15, 0.2) is 0 Å². The third-order valence-corrected chi connectivity index (χ3v) is 4.74. The molecule has 2 aromatic carbocycles. The number of hydrogen-bond acceptors (Lipinski definition) is 2. The highest BCUT2D eigenvalue weighted by molar-refractivity contribution is 5.34. The van der Waals surface area contributed by atoms with Gasteiger partial charge in [-0.3, -0.25) is 0 Å².